The molecule has 0 heterocycles. The summed E-state index contributed by atoms with van der Waals surface area (Å²) in [7, 11) is 7.28. The van der Waals surface area contributed by atoms with Gasteiger partial charge < -0.3 is 0 Å². The van der Waals surface area contributed by atoms with Gasteiger partial charge in [0.25, 0.3) is 0 Å². The molecule has 0 unspecified atom stereocenters. The van der Waals surface area contributed by atoms with Crippen LogP contribution < -0.4 is 0 Å². The largest absolute Gasteiger partial charge is 0.0654 e. The van der Waals surface area contributed by atoms with Crippen LogP contribution in [-0.4, -0.2) is 5.75 Å². The molecule has 126 valence electrons. The molecule has 1 fully saturated rings. The number of unbranched alkanes of at least 4 members (excludes halogenated alkanes) is 9. The van der Waals surface area contributed by atoms with Crippen LogP contribution in [0.2, 0.25) is 0 Å². The fourth-order valence-electron chi connectivity index (χ4n) is 3.70. The molecule has 1 saturated carbocycles. The number of hydrogen-bond acceptors (Lipinski definition) is 1. The van der Waals surface area contributed by atoms with Crippen LogP contribution in [0.15, 0.2) is 0 Å². The summed E-state index contributed by atoms with van der Waals surface area (Å²) in [6, 6.07) is 0. The van der Waals surface area contributed by atoms with E-state index in [1.54, 1.807) is 0 Å². The molecule has 21 heavy (non-hydrogen) atoms. The highest BCUT2D eigenvalue weighted by Crippen LogP contribution is 2.34. The molecule has 0 spiro atoms. The summed E-state index contributed by atoms with van der Waals surface area (Å²) in [4.78, 5) is 0. The molecule has 1 aliphatic carbocycles. The smallest absolute Gasteiger partial charge is 0.0114 e. The molecule has 0 saturated heterocycles. The summed E-state index contributed by atoms with van der Waals surface area (Å²) >= 11 is 0. The Labute approximate surface area is 142 Å². The van der Waals surface area contributed by atoms with Gasteiger partial charge in [0.1, 0.15) is 0 Å². The first-order chi connectivity index (χ1) is 10.4. The molecule has 0 nitrogen and oxygen atoms in total. The van der Waals surface area contributed by atoms with E-state index in [1.807, 2.05) is 0 Å². The van der Waals surface area contributed by atoms with E-state index in [9.17, 15) is 0 Å². The van der Waals surface area contributed by atoms with Gasteiger partial charge in [0, 0.05) is 5.75 Å². The molecule has 0 aromatic rings. The van der Waals surface area contributed by atoms with E-state index in [-0.39, 0.29) is 0 Å². The van der Waals surface area contributed by atoms with Crippen molar-refractivity contribution in [1.82, 2.24) is 0 Å². The molecule has 1 aliphatic rings. The minimum absolute atomic E-state index is 0.913. The molecule has 0 atom stereocenters. The maximum atomic E-state index is 5.77. The fourth-order valence-corrected chi connectivity index (χ4v) is 4.74. The minimum Gasteiger partial charge on any atom is -0.0654 e. The van der Waals surface area contributed by atoms with Gasteiger partial charge in [0.2, 0.25) is 0 Å². The van der Waals surface area contributed by atoms with Crippen molar-refractivity contribution in [3.63, 3.8) is 0 Å². The summed E-state index contributed by atoms with van der Waals surface area (Å²) in [5.74, 6) is 3.12. The molecule has 0 bridgehead atoms. The van der Waals surface area contributed by atoms with E-state index >= 15 is 0 Å². The van der Waals surface area contributed by atoms with Crippen LogP contribution in [0.1, 0.15) is 103 Å². The predicted molar refractivity (Wildman–Crippen MR) is 100 cm³/mol. The highest BCUT2D eigenvalue weighted by molar-refractivity contribution is 8.21. The number of rotatable bonds is 13. The van der Waals surface area contributed by atoms with Crippen LogP contribution in [0.25, 0.3) is 0 Å². The predicted octanol–water partition coefficient (Wildman–Crippen LogP) is 7.99. The molecule has 0 amide bonds. The Bertz CT molecular complexity index is 212. The third-order valence-corrected chi connectivity index (χ3v) is 6.21. The highest BCUT2D eigenvalue weighted by Gasteiger charge is 2.20. The zero-order valence-corrected chi connectivity index (χ0v) is 15.8. The van der Waals surface area contributed by atoms with E-state index in [1.165, 1.54) is 113 Å². The maximum Gasteiger partial charge on any atom is 0.0114 e. The fraction of sp³-hybridized carbons (Fsp3) is 1.00. The molecular weight excluding hydrogens is 296 g/mol. The summed E-state index contributed by atoms with van der Waals surface area (Å²) in [6.45, 7) is 2.29. The molecule has 0 aromatic heterocycles. The number of hydrogen-bond donors (Lipinski definition) is 0. The SMILES string of the molecule is CCCCCCCCCCCCC1CCC(CSCl)CC1. The molecule has 0 radical (unpaired) electrons. The van der Waals surface area contributed by atoms with Gasteiger partial charge in [-0.1, -0.05) is 101 Å². The Morgan fingerprint density at radius 2 is 1.19 bits per heavy atom. The van der Waals surface area contributed by atoms with E-state index in [0.717, 1.165) is 11.8 Å². The van der Waals surface area contributed by atoms with Crippen molar-refractivity contribution in [3.8, 4) is 0 Å². The maximum absolute atomic E-state index is 5.77. The second-order valence-corrected chi connectivity index (χ2v) is 8.34. The third-order valence-electron chi connectivity index (χ3n) is 5.23. The van der Waals surface area contributed by atoms with Gasteiger partial charge in [0.15, 0.2) is 0 Å². The van der Waals surface area contributed by atoms with Crippen molar-refractivity contribution in [2.75, 3.05) is 5.75 Å². The van der Waals surface area contributed by atoms with E-state index in [4.69, 9.17) is 10.7 Å². The monoisotopic (exact) mass is 332 g/mol. The van der Waals surface area contributed by atoms with Crippen molar-refractivity contribution in [2.45, 2.75) is 103 Å². The van der Waals surface area contributed by atoms with Gasteiger partial charge in [-0.15, -0.1) is 0 Å². The molecule has 0 aromatic carbocycles. The Kier molecular flexibility index (Phi) is 13.4. The molecular formula is C19H37ClS. The first-order valence-corrected chi connectivity index (χ1v) is 11.4. The quantitative estimate of drug-likeness (QED) is 0.308. The van der Waals surface area contributed by atoms with E-state index in [0.29, 0.717) is 0 Å². The van der Waals surface area contributed by atoms with Crippen LogP contribution in [0.5, 0.6) is 0 Å². The third kappa shape index (κ3) is 10.9. The normalized spacial score (nSPS) is 22.6. The Balaban J connectivity index is 1.80. The van der Waals surface area contributed by atoms with Crippen LogP contribution >= 0.6 is 21.7 Å². The van der Waals surface area contributed by atoms with Crippen molar-refractivity contribution < 1.29 is 0 Å². The van der Waals surface area contributed by atoms with Gasteiger partial charge in [-0.2, -0.15) is 0 Å². The van der Waals surface area contributed by atoms with E-state index in [2.05, 4.69) is 6.92 Å². The summed E-state index contributed by atoms with van der Waals surface area (Å²) in [5.41, 5.74) is 0. The van der Waals surface area contributed by atoms with Crippen LogP contribution in [0.4, 0.5) is 0 Å². The van der Waals surface area contributed by atoms with Gasteiger partial charge in [-0.3, -0.25) is 0 Å². The lowest BCUT2D eigenvalue weighted by atomic mass is 9.80. The van der Waals surface area contributed by atoms with Gasteiger partial charge in [-0.25, -0.2) is 0 Å². The van der Waals surface area contributed by atoms with Crippen molar-refractivity contribution in [3.05, 3.63) is 0 Å². The van der Waals surface area contributed by atoms with Crippen molar-refractivity contribution in [2.24, 2.45) is 11.8 Å². The van der Waals surface area contributed by atoms with Gasteiger partial charge in [-0.05, 0) is 35.4 Å². The number of halogens is 1. The molecule has 1 rings (SSSR count). The molecule has 0 aliphatic heterocycles. The second kappa shape index (κ2) is 14.2. The lowest BCUT2D eigenvalue weighted by molar-refractivity contribution is 0.274. The second-order valence-electron chi connectivity index (χ2n) is 7.13. The van der Waals surface area contributed by atoms with E-state index < -0.39 is 0 Å². The average Bonchev–Trinajstić information content (AvgIpc) is 2.51. The standard InChI is InChI=1S/C19H37ClS/c1-2-3-4-5-6-7-8-9-10-11-12-18-13-15-19(16-14-18)17-21-20/h18-19H,2-17H2,1H3. The van der Waals surface area contributed by atoms with Crippen molar-refractivity contribution >= 4 is 21.7 Å². The zero-order chi connectivity index (χ0) is 15.2. The van der Waals surface area contributed by atoms with Gasteiger partial charge in [0.05, 0.1) is 0 Å². The van der Waals surface area contributed by atoms with Crippen LogP contribution in [0, 0.1) is 11.8 Å². The highest BCUT2D eigenvalue weighted by atomic mass is 35.7. The lowest BCUT2D eigenvalue weighted by Crippen LogP contribution is -2.15. The summed E-state index contributed by atoms with van der Waals surface area (Å²) in [5, 5.41) is 0. The van der Waals surface area contributed by atoms with Crippen molar-refractivity contribution in [1.29, 1.82) is 0 Å². The lowest BCUT2D eigenvalue weighted by Gasteiger charge is -2.27. The van der Waals surface area contributed by atoms with Crippen LogP contribution in [0.3, 0.4) is 0 Å². The molecule has 2 heteroatoms. The Hall–Kier alpha value is 0.640. The van der Waals surface area contributed by atoms with Crippen LogP contribution in [-0.2, 0) is 0 Å². The Morgan fingerprint density at radius 1 is 0.714 bits per heavy atom. The Morgan fingerprint density at radius 3 is 1.71 bits per heavy atom. The minimum atomic E-state index is 0.913. The van der Waals surface area contributed by atoms with Gasteiger partial charge >= 0.3 is 0 Å². The zero-order valence-electron chi connectivity index (χ0n) is 14.3. The average molecular weight is 333 g/mol. The molecule has 0 N–H and O–H groups in total. The first-order valence-electron chi connectivity index (χ1n) is 9.60. The summed E-state index contributed by atoms with van der Waals surface area (Å²) in [6.07, 6.45) is 21.9. The topological polar surface area (TPSA) is 0 Å². The first kappa shape index (κ1) is 19.7. The summed E-state index contributed by atoms with van der Waals surface area (Å²) < 4.78 is 0.